The zero-order valence-electron chi connectivity index (χ0n) is 15.8. The van der Waals surface area contributed by atoms with Gasteiger partial charge < -0.3 is 14.8 Å². The first kappa shape index (κ1) is 19.0. The molecular formula is C20H21N5O4. The molecular weight excluding hydrogens is 374 g/mol. The molecule has 9 heteroatoms. The highest BCUT2D eigenvalue weighted by Crippen LogP contribution is 2.36. The number of nitrogens with one attached hydrogen (secondary N) is 1. The molecule has 1 fully saturated rings. The van der Waals surface area contributed by atoms with E-state index in [1.807, 2.05) is 36.4 Å². The van der Waals surface area contributed by atoms with Gasteiger partial charge in [0.1, 0.15) is 12.1 Å². The van der Waals surface area contributed by atoms with Gasteiger partial charge in [-0.2, -0.15) is 4.98 Å². The lowest BCUT2D eigenvalue weighted by Crippen LogP contribution is -2.39. The summed E-state index contributed by atoms with van der Waals surface area (Å²) in [6.07, 6.45) is 1.27. The van der Waals surface area contributed by atoms with Gasteiger partial charge in [0.15, 0.2) is 0 Å². The van der Waals surface area contributed by atoms with Crippen LogP contribution in [0.25, 0.3) is 10.8 Å². The molecule has 0 atom stereocenters. The molecule has 2 aromatic carbocycles. The summed E-state index contributed by atoms with van der Waals surface area (Å²) in [6.45, 7) is 4.37. The van der Waals surface area contributed by atoms with E-state index in [2.05, 4.69) is 20.2 Å². The first-order chi connectivity index (χ1) is 14.2. The fourth-order valence-electron chi connectivity index (χ4n) is 3.28. The number of hydrogen-bond acceptors (Lipinski definition) is 8. The van der Waals surface area contributed by atoms with Crippen LogP contribution in [-0.4, -0.2) is 59.2 Å². The highest BCUT2D eigenvalue weighted by atomic mass is 16.6. The van der Waals surface area contributed by atoms with Crippen molar-refractivity contribution >= 4 is 22.3 Å². The van der Waals surface area contributed by atoms with Crippen molar-refractivity contribution in [3.8, 4) is 11.6 Å². The maximum absolute atomic E-state index is 11.7. The molecule has 0 unspecified atom stereocenters. The van der Waals surface area contributed by atoms with E-state index in [0.29, 0.717) is 25.5 Å². The maximum Gasteiger partial charge on any atom is 0.373 e. The molecule has 150 valence electrons. The molecule has 0 bridgehead atoms. The molecule has 1 aliphatic rings. The predicted molar refractivity (Wildman–Crippen MR) is 108 cm³/mol. The first-order valence-electron chi connectivity index (χ1n) is 9.41. The molecule has 1 aliphatic heterocycles. The number of ether oxygens (including phenoxy) is 2. The minimum absolute atomic E-state index is 0.0878. The number of morpholine rings is 1. The van der Waals surface area contributed by atoms with Crippen molar-refractivity contribution in [2.24, 2.45) is 0 Å². The fourth-order valence-corrected chi connectivity index (χ4v) is 3.28. The van der Waals surface area contributed by atoms with Crippen LogP contribution in [0.3, 0.4) is 0 Å². The Morgan fingerprint density at radius 2 is 1.93 bits per heavy atom. The summed E-state index contributed by atoms with van der Waals surface area (Å²) in [5.74, 6) is 0.563. The molecule has 4 rings (SSSR count). The number of fused-ring (bicyclic) bond motifs is 1. The second-order valence-corrected chi connectivity index (χ2v) is 6.59. The van der Waals surface area contributed by atoms with Gasteiger partial charge in [-0.3, -0.25) is 15.0 Å². The highest BCUT2D eigenvalue weighted by Gasteiger charge is 2.25. The van der Waals surface area contributed by atoms with Gasteiger partial charge >= 0.3 is 11.6 Å². The molecule has 0 saturated carbocycles. The summed E-state index contributed by atoms with van der Waals surface area (Å²) in [5.41, 5.74) is -0.276. The van der Waals surface area contributed by atoms with Crippen LogP contribution in [0.15, 0.2) is 48.8 Å². The second kappa shape index (κ2) is 8.80. The third-order valence-electron chi connectivity index (χ3n) is 4.75. The Labute approximate surface area is 167 Å². The maximum atomic E-state index is 11.7. The topological polar surface area (TPSA) is 103 Å². The Balaban J connectivity index is 1.55. The molecule has 1 aromatic heterocycles. The smallest absolute Gasteiger partial charge is 0.373 e. The predicted octanol–water partition coefficient (Wildman–Crippen LogP) is 3.07. The largest absolute Gasteiger partial charge is 0.433 e. The molecule has 0 aliphatic carbocycles. The van der Waals surface area contributed by atoms with E-state index in [9.17, 15) is 10.1 Å². The molecule has 9 nitrogen and oxygen atoms in total. The lowest BCUT2D eigenvalue weighted by atomic mass is 10.1. The third kappa shape index (κ3) is 4.41. The van der Waals surface area contributed by atoms with Crippen LogP contribution >= 0.6 is 0 Å². The highest BCUT2D eigenvalue weighted by molar-refractivity contribution is 5.88. The standard InChI is InChI=1S/C20H21N5O4/c26-25(27)18-19(21-8-9-24-10-12-28-13-11-24)22-14-23-20(18)29-17-7-3-5-15-4-1-2-6-16(15)17/h1-7,14H,8-13H2,(H,21,22,23). The van der Waals surface area contributed by atoms with Gasteiger partial charge in [-0.25, -0.2) is 4.98 Å². The van der Waals surface area contributed by atoms with Crippen molar-refractivity contribution in [2.45, 2.75) is 0 Å². The second-order valence-electron chi connectivity index (χ2n) is 6.59. The zero-order chi connectivity index (χ0) is 20.1. The van der Waals surface area contributed by atoms with Gasteiger partial charge in [0.2, 0.25) is 5.82 Å². The Morgan fingerprint density at radius 3 is 2.76 bits per heavy atom. The average Bonchev–Trinajstić information content (AvgIpc) is 2.75. The van der Waals surface area contributed by atoms with Gasteiger partial charge in [0, 0.05) is 31.6 Å². The van der Waals surface area contributed by atoms with Crippen LogP contribution in [0.5, 0.6) is 11.6 Å². The number of aromatic nitrogens is 2. The van der Waals surface area contributed by atoms with Crippen molar-refractivity contribution in [2.75, 3.05) is 44.7 Å². The fraction of sp³-hybridized carbons (Fsp3) is 0.300. The lowest BCUT2D eigenvalue weighted by molar-refractivity contribution is -0.385. The monoisotopic (exact) mass is 395 g/mol. The van der Waals surface area contributed by atoms with Crippen LogP contribution in [0.1, 0.15) is 0 Å². The lowest BCUT2D eigenvalue weighted by Gasteiger charge is -2.26. The van der Waals surface area contributed by atoms with Gasteiger partial charge in [0.25, 0.3) is 0 Å². The molecule has 0 spiro atoms. The van der Waals surface area contributed by atoms with Gasteiger partial charge in [-0.1, -0.05) is 36.4 Å². The SMILES string of the molecule is O=[N+]([O-])c1c(NCCN2CCOCC2)ncnc1Oc1cccc2ccccc12. The molecule has 2 heterocycles. The molecule has 0 amide bonds. The molecule has 1 N–H and O–H groups in total. The summed E-state index contributed by atoms with van der Waals surface area (Å²) in [5, 5.41) is 16.6. The Morgan fingerprint density at radius 1 is 1.14 bits per heavy atom. The van der Waals surface area contributed by atoms with Crippen molar-refractivity contribution in [3.05, 3.63) is 58.9 Å². The van der Waals surface area contributed by atoms with Crippen molar-refractivity contribution in [1.82, 2.24) is 14.9 Å². The minimum atomic E-state index is -0.516. The van der Waals surface area contributed by atoms with Crippen LogP contribution < -0.4 is 10.1 Å². The number of nitrogens with zero attached hydrogens (tertiary/aromatic N) is 4. The summed E-state index contributed by atoms with van der Waals surface area (Å²) < 4.78 is 11.2. The van der Waals surface area contributed by atoms with Gasteiger partial charge in [-0.15, -0.1) is 0 Å². The minimum Gasteiger partial charge on any atom is -0.433 e. The molecule has 0 radical (unpaired) electrons. The van der Waals surface area contributed by atoms with E-state index in [4.69, 9.17) is 9.47 Å². The summed E-state index contributed by atoms with van der Waals surface area (Å²) >= 11 is 0. The van der Waals surface area contributed by atoms with Crippen molar-refractivity contribution in [1.29, 1.82) is 0 Å². The van der Waals surface area contributed by atoms with Gasteiger partial charge in [-0.05, 0) is 11.5 Å². The van der Waals surface area contributed by atoms with Crippen LogP contribution in [-0.2, 0) is 4.74 Å². The Kier molecular flexibility index (Phi) is 5.78. The van der Waals surface area contributed by atoms with E-state index in [1.165, 1.54) is 6.33 Å². The number of hydrogen-bond donors (Lipinski definition) is 1. The third-order valence-corrected chi connectivity index (χ3v) is 4.75. The summed E-state index contributed by atoms with van der Waals surface area (Å²) in [6, 6.07) is 13.2. The molecule has 1 saturated heterocycles. The number of nitro groups is 1. The summed E-state index contributed by atoms with van der Waals surface area (Å²) in [4.78, 5) is 21.5. The number of benzene rings is 2. The van der Waals surface area contributed by atoms with Gasteiger partial charge in [0.05, 0.1) is 18.1 Å². The average molecular weight is 395 g/mol. The van der Waals surface area contributed by atoms with Crippen LogP contribution in [0, 0.1) is 10.1 Å². The molecule has 29 heavy (non-hydrogen) atoms. The Bertz CT molecular complexity index is 1000. The van der Waals surface area contributed by atoms with Crippen molar-refractivity contribution in [3.63, 3.8) is 0 Å². The Hall–Kier alpha value is -3.30. The van der Waals surface area contributed by atoms with E-state index in [0.717, 1.165) is 30.4 Å². The van der Waals surface area contributed by atoms with E-state index < -0.39 is 4.92 Å². The van der Waals surface area contributed by atoms with Crippen molar-refractivity contribution < 1.29 is 14.4 Å². The quantitative estimate of drug-likeness (QED) is 0.481. The van der Waals surface area contributed by atoms with E-state index >= 15 is 0 Å². The van der Waals surface area contributed by atoms with Crippen LogP contribution in [0.2, 0.25) is 0 Å². The van der Waals surface area contributed by atoms with E-state index in [-0.39, 0.29) is 17.4 Å². The zero-order valence-corrected chi connectivity index (χ0v) is 15.8. The number of anilines is 1. The van der Waals surface area contributed by atoms with E-state index in [1.54, 1.807) is 6.07 Å². The normalized spacial score (nSPS) is 14.6. The number of rotatable bonds is 7. The van der Waals surface area contributed by atoms with Crippen LogP contribution in [0.4, 0.5) is 11.5 Å². The summed E-state index contributed by atoms with van der Waals surface area (Å²) in [7, 11) is 0. The first-order valence-corrected chi connectivity index (χ1v) is 9.41. The molecule has 3 aromatic rings.